The summed E-state index contributed by atoms with van der Waals surface area (Å²) < 4.78 is 13.1. The summed E-state index contributed by atoms with van der Waals surface area (Å²) >= 11 is 0. The maximum atomic E-state index is 13.1. The van der Waals surface area contributed by atoms with Crippen molar-refractivity contribution in [3.63, 3.8) is 0 Å². The van der Waals surface area contributed by atoms with E-state index < -0.39 is 0 Å². The zero-order valence-corrected chi connectivity index (χ0v) is 13.0. The highest BCUT2D eigenvalue weighted by molar-refractivity contribution is 5.22. The molecule has 0 amide bonds. The maximum Gasteiger partial charge on any atom is 0.123 e. The van der Waals surface area contributed by atoms with Crippen LogP contribution in [0.2, 0.25) is 0 Å². The summed E-state index contributed by atoms with van der Waals surface area (Å²) in [6.07, 6.45) is 3.88. The number of nitrogens with one attached hydrogen (secondary N) is 1. The summed E-state index contributed by atoms with van der Waals surface area (Å²) in [6.45, 7) is 8.93. The summed E-state index contributed by atoms with van der Waals surface area (Å²) in [4.78, 5) is 0. The van der Waals surface area contributed by atoms with Gasteiger partial charge in [-0.3, -0.25) is 0 Å². The van der Waals surface area contributed by atoms with E-state index in [2.05, 4.69) is 26.1 Å². The molecule has 1 aromatic rings. The summed E-state index contributed by atoms with van der Waals surface area (Å²) in [7, 11) is 0. The van der Waals surface area contributed by atoms with E-state index in [-0.39, 0.29) is 5.82 Å². The van der Waals surface area contributed by atoms with Gasteiger partial charge in [-0.1, -0.05) is 32.9 Å². The van der Waals surface area contributed by atoms with Crippen molar-refractivity contribution in [2.24, 2.45) is 17.8 Å². The molecule has 0 spiro atoms. The fourth-order valence-corrected chi connectivity index (χ4v) is 3.56. The quantitative estimate of drug-likeness (QED) is 0.830. The molecule has 0 radical (unpaired) electrons. The Morgan fingerprint density at radius 1 is 1.20 bits per heavy atom. The van der Waals surface area contributed by atoms with Crippen molar-refractivity contribution in [2.75, 3.05) is 13.1 Å². The second kappa shape index (κ2) is 7.21. The molecule has 0 heterocycles. The van der Waals surface area contributed by atoms with Crippen molar-refractivity contribution in [2.45, 2.75) is 46.0 Å². The van der Waals surface area contributed by atoms with Gasteiger partial charge in [0, 0.05) is 0 Å². The molecule has 1 fully saturated rings. The molecule has 0 aliphatic heterocycles. The zero-order valence-electron chi connectivity index (χ0n) is 13.0. The van der Waals surface area contributed by atoms with Gasteiger partial charge in [-0.25, -0.2) is 4.39 Å². The second-order valence-corrected chi connectivity index (χ2v) is 6.54. The highest BCUT2D eigenvalue weighted by Crippen LogP contribution is 2.42. The number of halogens is 1. The fraction of sp³-hybridized carbons (Fsp3) is 0.667. The number of hydrogen-bond acceptors (Lipinski definition) is 1. The molecule has 112 valence electrons. The van der Waals surface area contributed by atoms with E-state index in [4.69, 9.17) is 0 Å². The Morgan fingerprint density at radius 2 is 1.90 bits per heavy atom. The van der Waals surface area contributed by atoms with Gasteiger partial charge < -0.3 is 5.32 Å². The third-order valence-electron chi connectivity index (χ3n) is 4.93. The number of rotatable bonds is 5. The molecule has 20 heavy (non-hydrogen) atoms. The average Bonchev–Trinajstić information content (AvgIpc) is 2.45. The van der Waals surface area contributed by atoms with Gasteiger partial charge >= 0.3 is 0 Å². The van der Waals surface area contributed by atoms with Crippen molar-refractivity contribution >= 4 is 0 Å². The van der Waals surface area contributed by atoms with Gasteiger partial charge in [0.1, 0.15) is 5.82 Å². The van der Waals surface area contributed by atoms with Crippen molar-refractivity contribution in [1.29, 1.82) is 0 Å². The summed E-state index contributed by atoms with van der Waals surface area (Å²) in [6, 6.07) is 7.20. The van der Waals surface area contributed by atoms with E-state index in [1.54, 1.807) is 12.1 Å². The number of hydrogen-bond donors (Lipinski definition) is 1. The molecule has 3 unspecified atom stereocenters. The first-order chi connectivity index (χ1) is 9.61. The average molecular weight is 277 g/mol. The van der Waals surface area contributed by atoms with Crippen LogP contribution in [-0.4, -0.2) is 13.1 Å². The molecule has 2 rings (SSSR count). The third-order valence-corrected chi connectivity index (χ3v) is 4.93. The number of benzene rings is 1. The fourth-order valence-electron chi connectivity index (χ4n) is 3.56. The molecule has 1 aromatic carbocycles. The predicted molar refractivity (Wildman–Crippen MR) is 83.4 cm³/mol. The molecule has 3 atom stereocenters. The molecule has 0 aromatic heterocycles. The Balaban J connectivity index is 2.14. The lowest BCUT2D eigenvalue weighted by Crippen LogP contribution is -2.33. The summed E-state index contributed by atoms with van der Waals surface area (Å²) in [5, 5.41) is 3.50. The highest BCUT2D eigenvalue weighted by Gasteiger charge is 2.32. The van der Waals surface area contributed by atoms with E-state index in [1.165, 1.54) is 24.8 Å². The minimum atomic E-state index is -0.131. The highest BCUT2D eigenvalue weighted by atomic mass is 19.1. The van der Waals surface area contributed by atoms with E-state index >= 15 is 0 Å². The van der Waals surface area contributed by atoms with Crippen molar-refractivity contribution in [3.05, 3.63) is 35.6 Å². The minimum absolute atomic E-state index is 0.131. The van der Waals surface area contributed by atoms with Gasteiger partial charge in [-0.05, 0) is 73.7 Å². The van der Waals surface area contributed by atoms with Gasteiger partial charge in [0.05, 0.1) is 0 Å². The zero-order chi connectivity index (χ0) is 14.5. The monoisotopic (exact) mass is 277 g/mol. The second-order valence-electron chi connectivity index (χ2n) is 6.54. The molecular formula is C18H28FN. The standard InChI is InChI=1S/C18H28FN/c1-4-20-12-16-6-5-15(13(2)3)11-18(16)14-7-9-17(19)10-8-14/h7-10,13,15-16,18,20H,4-6,11-12H2,1-3H3. The first-order valence-electron chi connectivity index (χ1n) is 8.08. The van der Waals surface area contributed by atoms with Gasteiger partial charge in [0.2, 0.25) is 0 Å². The molecular weight excluding hydrogens is 249 g/mol. The molecule has 0 saturated heterocycles. The predicted octanol–water partition coefficient (Wildman–Crippen LogP) is 4.59. The maximum absolute atomic E-state index is 13.1. The smallest absolute Gasteiger partial charge is 0.123 e. The van der Waals surface area contributed by atoms with E-state index in [0.29, 0.717) is 11.8 Å². The van der Waals surface area contributed by atoms with Crippen LogP contribution in [0.15, 0.2) is 24.3 Å². The first-order valence-corrected chi connectivity index (χ1v) is 8.08. The van der Waals surface area contributed by atoms with Crippen LogP contribution in [0, 0.1) is 23.6 Å². The molecule has 0 bridgehead atoms. The van der Waals surface area contributed by atoms with E-state index in [9.17, 15) is 4.39 Å². The van der Waals surface area contributed by atoms with Gasteiger partial charge in [-0.2, -0.15) is 0 Å². The van der Waals surface area contributed by atoms with Gasteiger partial charge in [-0.15, -0.1) is 0 Å². The summed E-state index contributed by atoms with van der Waals surface area (Å²) in [5.74, 6) is 2.69. The topological polar surface area (TPSA) is 12.0 Å². The van der Waals surface area contributed by atoms with E-state index in [1.807, 2.05) is 12.1 Å². The Hall–Kier alpha value is -0.890. The minimum Gasteiger partial charge on any atom is -0.317 e. The van der Waals surface area contributed by atoms with Crippen molar-refractivity contribution < 1.29 is 4.39 Å². The van der Waals surface area contributed by atoms with Crippen molar-refractivity contribution in [1.82, 2.24) is 5.32 Å². The van der Waals surface area contributed by atoms with Crippen LogP contribution in [0.5, 0.6) is 0 Å². The molecule has 1 aliphatic carbocycles. The lowest BCUT2D eigenvalue weighted by molar-refractivity contribution is 0.191. The Morgan fingerprint density at radius 3 is 2.50 bits per heavy atom. The lowest BCUT2D eigenvalue weighted by Gasteiger charge is -2.38. The Bertz CT molecular complexity index is 398. The van der Waals surface area contributed by atoms with Crippen LogP contribution >= 0.6 is 0 Å². The van der Waals surface area contributed by atoms with Crippen LogP contribution in [0.25, 0.3) is 0 Å². The van der Waals surface area contributed by atoms with Crippen LogP contribution in [0.4, 0.5) is 4.39 Å². The summed E-state index contributed by atoms with van der Waals surface area (Å²) in [5.41, 5.74) is 1.32. The Labute approximate surface area is 123 Å². The molecule has 1 nitrogen and oxygen atoms in total. The largest absolute Gasteiger partial charge is 0.317 e. The van der Waals surface area contributed by atoms with Gasteiger partial charge in [0.25, 0.3) is 0 Å². The lowest BCUT2D eigenvalue weighted by atomic mass is 9.68. The SMILES string of the molecule is CCNCC1CCC(C(C)C)CC1c1ccc(F)cc1. The van der Waals surface area contributed by atoms with Crippen LogP contribution in [0.1, 0.15) is 51.5 Å². The van der Waals surface area contributed by atoms with Crippen LogP contribution in [0.3, 0.4) is 0 Å². The first kappa shape index (κ1) is 15.5. The van der Waals surface area contributed by atoms with Crippen molar-refractivity contribution in [3.8, 4) is 0 Å². The van der Waals surface area contributed by atoms with Crippen LogP contribution < -0.4 is 5.32 Å². The molecule has 1 saturated carbocycles. The normalized spacial score (nSPS) is 26.9. The van der Waals surface area contributed by atoms with E-state index in [0.717, 1.165) is 24.9 Å². The molecule has 1 aliphatic rings. The molecule has 2 heteroatoms. The molecule has 1 N–H and O–H groups in total. The van der Waals surface area contributed by atoms with Crippen LogP contribution in [-0.2, 0) is 0 Å². The van der Waals surface area contributed by atoms with Gasteiger partial charge in [0.15, 0.2) is 0 Å². The third kappa shape index (κ3) is 3.82. The Kier molecular flexibility index (Phi) is 5.59.